The van der Waals surface area contributed by atoms with Gasteiger partial charge in [0.05, 0.1) is 29.7 Å². The maximum atomic E-state index is 11.3. The summed E-state index contributed by atoms with van der Waals surface area (Å²) in [6, 6.07) is 9.21. The molecule has 2 heterocycles. The fraction of sp³-hybridized carbons (Fsp3) is 0.391. The van der Waals surface area contributed by atoms with Crippen molar-refractivity contribution < 1.29 is 9.90 Å². The van der Waals surface area contributed by atoms with Crippen LogP contribution < -0.4 is 5.01 Å². The highest BCUT2D eigenvalue weighted by Gasteiger charge is 2.45. The Hall–Kier alpha value is -2.91. The number of fused-ring (bicyclic) bond motifs is 3. The van der Waals surface area contributed by atoms with E-state index in [1.54, 1.807) is 12.1 Å². The van der Waals surface area contributed by atoms with Gasteiger partial charge in [0.15, 0.2) is 0 Å². The highest BCUT2D eigenvalue weighted by molar-refractivity contribution is 6.33. The number of pyridine rings is 1. The summed E-state index contributed by atoms with van der Waals surface area (Å²) >= 11 is 6.34. The summed E-state index contributed by atoms with van der Waals surface area (Å²) in [5.41, 5.74) is 4.21. The molecule has 2 unspecified atom stereocenters. The van der Waals surface area contributed by atoms with Crippen LogP contribution in [-0.4, -0.2) is 27.8 Å². The van der Waals surface area contributed by atoms with Crippen LogP contribution >= 0.6 is 11.6 Å². The SMILES string of the molecule is [C-]#[N+]c1ccc(N2N=C3c4ccc(C(=O)O)nc4CCC3C2C2CCCC2)cc1Cl. The van der Waals surface area contributed by atoms with Gasteiger partial charge in [-0.3, -0.25) is 5.01 Å². The number of carboxylic acids is 1. The number of benzene rings is 1. The zero-order valence-corrected chi connectivity index (χ0v) is 17.1. The molecule has 1 aromatic heterocycles. The van der Waals surface area contributed by atoms with Crippen molar-refractivity contribution in [2.75, 3.05) is 5.01 Å². The van der Waals surface area contributed by atoms with Crippen LogP contribution in [0, 0.1) is 18.4 Å². The summed E-state index contributed by atoms with van der Waals surface area (Å²) in [7, 11) is 0. The van der Waals surface area contributed by atoms with Gasteiger partial charge in [-0.15, -0.1) is 0 Å². The van der Waals surface area contributed by atoms with Gasteiger partial charge < -0.3 is 5.11 Å². The molecule has 0 saturated heterocycles. The fourth-order valence-electron chi connectivity index (χ4n) is 5.27. The number of hydrazone groups is 1. The minimum atomic E-state index is -1.01. The Morgan fingerprint density at radius 3 is 2.70 bits per heavy atom. The lowest BCUT2D eigenvalue weighted by atomic mass is 9.76. The molecule has 2 aliphatic carbocycles. The summed E-state index contributed by atoms with van der Waals surface area (Å²) in [4.78, 5) is 19.2. The molecule has 6 nitrogen and oxygen atoms in total. The van der Waals surface area contributed by atoms with Crippen LogP contribution in [0.4, 0.5) is 11.4 Å². The van der Waals surface area contributed by atoms with Crippen LogP contribution in [0.2, 0.25) is 5.02 Å². The van der Waals surface area contributed by atoms with E-state index < -0.39 is 5.97 Å². The van der Waals surface area contributed by atoms with Gasteiger partial charge in [-0.2, -0.15) is 5.10 Å². The second-order valence-corrected chi connectivity index (χ2v) is 8.66. The molecule has 152 valence electrons. The number of nitrogens with zero attached hydrogens (tertiary/aromatic N) is 4. The van der Waals surface area contributed by atoms with E-state index in [0.717, 1.165) is 35.5 Å². The first kappa shape index (κ1) is 19.1. The molecule has 5 rings (SSSR count). The van der Waals surface area contributed by atoms with Crippen molar-refractivity contribution in [2.45, 2.75) is 44.6 Å². The number of carboxylic acid groups (broad SMARTS) is 1. The van der Waals surface area contributed by atoms with Gasteiger partial charge in [0.25, 0.3) is 0 Å². The summed E-state index contributed by atoms with van der Waals surface area (Å²) < 4.78 is 0. The molecule has 0 radical (unpaired) electrons. The van der Waals surface area contributed by atoms with Crippen molar-refractivity contribution in [1.29, 1.82) is 0 Å². The second kappa shape index (κ2) is 7.41. The lowest BCUT2D eigenvalue weighted by Crippen LogP contribution is -2.40. The number of aromatic carboxylic acids is 1. The molecule has 2 aromatic rings. The standard InChI is InChI=1S/C23H21ClN4O2/c1-25-19-9-6-14(12-17(19)24)28-22(13-4-2-3-5-13)16-8-10-18-15(21(16)27-28)7-11-20(26-18)23(29)30/h6-7,9,11-13,16,22H,2-5,8,10H2,(H,29,30). The molecule has 1 N–H and O–H groups in total. The Balaban J connectivity index is 1.59. The number of aryl methyl sites for hydroxylation is 1. The molecule has 0 amide bonds. The van der Waals surface area contributed by atoms with Crippen LogP contribution in [-0.2, 0) is 6.42 Å². The minimum absolute atomic E-state index is 0.0801. The topological polar surface area (TPSA) is 70.2 Å². The molecule has 1 aliphatic heterocycles. The molecule has 2 atom stereocenters. The van der Waals surface area contributed by atoms with Gasteiger partial charge >= 0.3 is 5.97 Å². The Kier molecular flexibility index (Phi) is 4.71. The van der Waals surface area contributed by atoms with Crippen LogP contribution in [0.5, 0.6) is 0 Å². The van der Waals surface area contributed by atoms with Crippen molar-refractivity contribution in [3.05, 3.63) is 63.7 Å². The van der Waals surface area contributed by atoms with Gasteiger partial charge in [0, 0.05) is 16.5 Å². The number of aromatic nitrogens is 1. The van der Waals surface area contributed by atoms with E-state index in [1.807, 2.05) is 18.2 Å². The summed E-state index contributed by atoms with van der Waals surface area (Å²) in [5.74, 6) is -0.158. The van der Waals surface area contributed by atoms with Crippen molar-refractivity contribution in [3.8, 4) is 0 Å². The van der Waals surface area contributed by atoms with E-state index in [9.17, 15) is 9.90 Å². The molecule has 1 saturated carbocycles. The van der Waals surface area contributed by atoms with Crippen LogP contribution in [0.1, 0.15) is 53.8 Å². The molecular weight excluding hydrogens is 400 g/mol. The Bertz CT molecular complexity index is 1100. The second-order valence-electron chi connectivity index (χ2n) is 8.25. The number of rotatable bonds is 3. The molecule has 7 heteroatoms. The highest BCUT2D eigenvalue weighted by atomic mass is 35.5. The summed E-state index contributed by atoms with van der Waals surface area (Å²) in [6.45, 7) is 7.25. The van der Waals surface area contributed by atoms with E-state index in [2.05, 4.69) is 14.8 Å². The molecular formula is C23H21ClN4O2. The van der Waals surface area contributed by atoms with Crippen molar-refractivity contribution in [2.24, 2.45) is 16.9 Å². The monoisotopic (exact) mass is 420 g/mol. The number of anilines is 1. The molecule has 30 heavy (non-hydrogen) atoms. The average molecular weight is 421 g/mol. The Labute approximate surface area is 180 Å². The molecule has 3 aliphatic rings. The molecule has 1 aromatic carbocycles. The molecule has 0 bridgehead atoms. The maximum Gasteiger partial charge on any atom is 0.354 e. The third-order valence-corrected chi connectivity index (χ3v) is 6.92. The number of hydrogen-bond acceptors (Lipinski definition) is 4. The Morgan fingerprint density at radius 2 is 2.00 bits per heavy atom. The third-order valence-electron chi connectivity index (χ3n) is 6.62. The van der Waals surface area contributed by atoms with Gasteiger partial charge in [-0.25, -0.2) is 14.6 Å². The Morgan fingerprint density at radius 1 is 1.20 bits per heavy atom. The lowest BCUT2D eigenvalue weighted by molar-refractivity contribution is 0.0690. The minimum Gasteiger partial charge on any atom is -0.477 e. The first-order valence-corrected chi connectivity index (χ1v) is 10.7. The van der Waals surface area contributed by atoms with Crippen LogP contribution in [0.25, 0.3) is 4.85 Å². The van der Waals surface area contributed by atoms with E-state index in [4.69, 9.17) is 23.3 Å². The number of hydrogen-bond donors (Lipinski definition) is 1. The number of halogens is 1. The highest BCUT2D eigenvalue weighted by Crippen LogP contribution is 2.45. The summed E-state index contributed by atoms with van der Waals surface area (Å²) in [6.07, 6.45) is 6.54. The van der Waals surface area contributed by atoms with E-state index in [0.29, 0.717) is 16.6 Å². The van der Waals surface area contributed by atoms with Gasteiger partial charge in [0.2, 0.25) is 5.69 Å². The van der Waals surface area contributed by atoms with E-state index in [1.165, 1.54) is 25.7 Å². The van der Waals surface area contributed by atoms with Crippen molar-refractivity contribution in [3.63, 3.8) is 0 Å². The predicted molar refractivity (Wildman–Crippen MR) is 115 cm³/mol. The smallest absolute Gasteiger partial charge is 0.354 e. The lowest BCUT2D eigenvalue weighted by Gasteiger charge is -2.34. The van der Waals surface area contributed by atoms with E-state index >= 15 is 0 Å². The average Bonchev–Trinajstić information content (AvgIpc) is 3.40. The maximum absolute atomic E-state index is 11.3. The van der Waals surface area contributed by atoms with E-state index in [-0.39, 0.29) is 17.7 Å². The zero-order chi connectivity index (χ0) is 20.8. The predicted octanol–water partition coefficient (Wildman–Crippen LogP) is 5.33. The van der Waals surface area contributed by atoms with Crippen molar-refractivity contribution in [1.82, 2.24) is 4.98 Å². The first-order valence-electron chi connectivity index (χ1n) is 10.3. The normalized spacial score (nSPS) is 22.9. The summed E-state index contributed by atoms with van der Waals surface area (Å²) in [5, 5.41) is 16.9. The largest absolute Gasteiger partial charge is 0.477 e. The molecule has 1 fully saturated rings. The number of carbonyl (C=O) groups is 1. The quantitative estimate of drug-likeness (QED) is 0.681. The fourth-order valence-corrected chi connectivity index (χ4v) is 5.49. The first-order chi connectivity index (χ1) is 14.6. The van der Waals surface area contributed by atoms with Crippen LogP contribution in [0.3, 0.4) is 0 Å². The van der Waals surface area contributed by atoms with Crippen molar-refractivity contribution >= 4 is 34.7 Å². The van der Waals surface area contributed by atoms with Gasteiger partial charge in [-0.1, -0.05) is 30.5 Å². The van der Waals surface area contributed by atoms with Gasteiger partial charge in [-0.05, 0) is 55.9 Å². The zero-order valence-electron chi connectivity index (χ0n) is 16.4. The van der Waals surface area contributed by atoms with Gasteiger partial charge in [0.1, 0.15) is 5.69 Å². The molecule has 0 spiro atoms. The van der Waals surface area contributed by atoms with Crippen LogP contribution in [0.15, 0.2) is 35.4 Å². The third kappa shape index (κ3) is 3.05.